The van der Waals surface area contributed by atoms with Crippen molar-refractivity contribution in [3.63, 3.8) is 0 Å². The molecule has 9 heteroatoms. The van der Waals surface area contributed by atoms with Crippen LogP contribution in [0, 0.1) is 11.6 Å². The van der Waals surface area contributed by atoms with Gasteiger partial charge >= 0.3 is 0 Å². The Hall–Kier alpha value is -3.65. The summed E-state index contributed by atoms with van der Waals surface area (Å²) in [6.07, 6.45) is 2.75. The zero-order chi connectivity index (χ0) is 21.3. The highest BCUT2D eigenvalue weighted by atomic mass is 35.5. The highest BCUT2D eigenvalue weighted by Crippen LogP contribution is 2.43. The molecule has 2 heterocycles. The molecular weight excluding hydrogens is 414 g/mol. The number of hydrogen-bond acceptors (Lipinski definition) is 5. The fourth-order valence-electron chi connectivity index (χ4n) is 3.03. The van der Waals surface area contributed by atoms with Crippen LogP contribution in [-0.4, -0.2) is 21.0 Å². The van der Waals surface area contributed by atoms with Gasteiger partial charge in [-0.15, -0.1) is 0 Å². The molecule has 0 saturated heterocycles. The van der Waals surface area contributed by atoms with Crippen LogP contribution < -0.4 is 4.90 Å². The minimum atomic E-state index is -1.10. The molecule has 0 bridgehead atoms. The van der Waals surface area contributed by atoms with E-state index >= 15 is 0 Å². The zero-order valence-corrected chi connectivity index (χ0v) is 16.3. The van der Waals surface area contributed by atoms with Gasteiger partial charge in [-0.1, -0.05) is 35.0 Å². The predicted octanol–water partition coefficient (Wildman–Crippen LogP) is 5.41. The van der Waals surface area contributed by atoms with Crippen LogP contribution in [0.3, 0.4) is 0 Å². The maximum Gasteiger partial charge on any atom is 0.248 e. The first-order valence-corrected chi connectivity index (χ1v) is 9.12. The van der Waals surface area contributed by atoms with E-state index in [4.69, 9.17) is 16.1 Å². The largest absolute Gasteiger partial charge is 0.336 e. The number of anilines is 2. The molecule has 2 aromatic heterocycles. The molecule has 0 radical (unpaired) electrons. The molecule has 4 rings (SSSR count). The number of hydrogen-bond donors (Lipinski definition) is 0. The Morgan fingerprint density at radius 3 is 2.60 bits per heavy atom. The Morgan fingerprint density at radius 2 is 1.90 bits per heavy atom. The maximum absolute atomic E-state index is 14.5. The van der Waals surface area contributed by atoms with Crippen molar-refractivity contribution in [2.24, 2.45) is 0 Å². The van der Waals surface area contributed by atoms with Gasteiger partial charge in [-0.2, -0.15) is 0 Å². The number of carbonyl (C=O) groups is 1. The van der Waals surface area contributed by atoms with Crippen LogP contribution in [0.15, 0.2) is 65.6 Å². The minimum absolute atomic E-state index is 0.0148. The molecule has 150 valence electrons. The third-order valence-corrected chi connectivity index (χ3v) is 4.65. The number of para-hydroxylation sites is 1. The quantitative estimate of drug-likeness (QED) is 0.436. The van der Waals surface area contributed by atoms with Crippen molar-refractivity contribution in [3.05, 3.63) is 77.7 Å². The molecule has 0 spiro atoms. The normalized spacial score (nSPS) is 10.8. The van der Waals surface area contributed by atoms with Gasteiger partial charge < -0.3 is 4.52 Å². The van der Waals surface area contributed by atoms with Gasteiger partial charge in [0, 0.05) is 18.7 Å². The van der Waals surface area contributed by atoms with E-state index in [2.05, 4.69) is 15.1 Å². The van der Waals surface area contributed by atoms with Gasteiger partial charge in [-0.3, -0.25) is 4.79 Å². The molecule has 0 aliphatic heterocycles. The fraction of sp³-hybridized carbons (Fsp3) is 0.0476. The standard InChI is InChI=1S/C21H13ClF2N4O2/c1-12(29)28(17-8-3-2-6-14(17)22)21-18(16-9-10-25-11-26-16)20(27-30-21)13-5-4-7-15(23)19(13)24/h2-11H,1H3. The van der Waals surface area contributed by atoms with E-state index in [1.807, 2.05) is 0 Å². The average molecular weight is 427 g/mol. The molecule has 2 aromatic carbocycles. The average Bonchev–Trinajstić information content (AvgIpc) is 3.16. The lowest BCUT2D eigenvalue weighted by Gasteiger charge is -2.20. The van der Waals surface area contributed by atoms with E-state index in [9.17, 15) is 13.6 Å². The Labute approximate surface area is 174 Å². The second kappa shape index (κ2) is 8.00. The first-order chi connectivity index (χ1) is 14.5. The van der Waals surface area contributed by atoms with Crippen LogP contribution in [-0.2, 0) is 4.79 Å². The molecule has 0 unspecified atom stereocenters. The van der Waals surface area contributed by atoms with Crippen molar-refractivity contribution in [2.45, 2.75) is 6.92 Å². The first-order valence-electron chi connectivity index (χ1n) is 8.74. The summed E-state index contributed by atoms with van der Waals surface area (Å²) in [4.78, 5) is 21.8. The van der Waals surface area contributed by atoms with E-state index in [0.29, 0.717) is 11.4 Å². The third-order valence-electron chi connectivity index (χ3n) is 4.33. The molecule has 0 aliphatic rings. The lowest BCUT2D eigenvalue weighted by atomic mass is 10.0. The van der Waals surface area contributed by atoms with E-state index in [-0.39, 0.29) is 27.7 Å². The van der Waals surface area contributed by atoms with Crippen molar-refractivity contribution in [3.8, 4) is 22.5 Å². The summed E-state index contributed by atoms with van der Waals surface area (Å²) in [5.41, 5.74) is 0.680. The number of nitrogens with zero attached hydrogens (tertiary/aromatic N) is 4. The third kappa shape index (κ3) is 3.42. The van der Waals surface area contributed by atoms with Crippen LogP contribution in [0.2, 0.25) is 5.02 Å². The summed E-state index contributed by atoms with van der Waals surface area (Å²) in [5.74, 6) is -2.60. The van der Waals surface area contributed by atoms with E-state index in [0.717, 1.165) is 6.07 Å². The molecule has 1 amide bonds. The SMILES string of the molecule is CC(=O)N(c1ccccc1Cl)c1onc(-c2cccc(F)c2F)c1-c1ccncn1. The molecule has 30 heavy (non-hydrogen) atoms. The second-order valence-corrected chi connectivity index (χ2v) is 6.62. The molecular formula is C21H13ClF2N4O2. The number of halogens is 3. The summed E-state index contributed by atoms with van der Waals surface area (Å²) in [6.45, 7) is 1.32. The van der Waals surface area contributed by atoms with Gasteiger partial charge in [0.25, 0.3) is 0 Å². The van der Waals surface area contributed by atoms with Gasteiger partial charge in [0.05, 0.1) is 22.0 Å². The first kappa shape index (κ1) is 19.7. The van der Waals surface area contributed by atoms with Gasteiger partial charge in [-0.05, 0) is 30.3 Å². The summed E-state index contributed by atoms with van der Waals surface area (Å²) < 4.78 is 33.9. The number of aromatic nitrogens is 3. The maximum atomic E-state index is 14.5. The summed E-state index contributed by atoms with van der Waals surface area (Å²) in [5, 5.41) is 4.23. The Morgan fingerprint density at radius 1 is 1.10 bits per heavy atom. The number of rotatable bonds is 4. The summed E-state index contributed by atoms with van der Waals surface area (Å²) >= 11 is 6.29. The molecule has 4 aromatic rings. The van der Waals surface area contributed by atoms with Crippen LogP contribution in [0.4, 0.5) is 20.4 Å². The molecule has 0 aliphatic carbocycles. The predicted molar refractivity (Wildman–Crippen MR) is 107 cm³/mol. The van der Waals surface area contributed by atoms with E-state index < -0.39 is 17.5 Å². The topological polar surface area (TPSA) is 72.1 Å². The van der Waals surface area contributed by atoms with E-state index in [1.54, 1.807) is 30.3 Å². The van der Waals surface area contributed by atoms with Crippen molar-refractivity contribution < 1.29 is 18.1 Å². The lowest BCUT2D eigenvalue weighted by Crippen LogP contribution is -2.23. The Kier molecular flexibility index (Phi) is 5.24. The van der Waals surface area contributed by atoms with Crippen molar-refractivity contribution >= 4 is 29.1 Å². The summed E-state index contributed by atoms with van der Waals surface area (Å²) in [6, 6.07) is 11.9. The molecule has 0 fully saturated rings. The Balaban J connectivity index is 2.02. The minimum Gasteiger partial charge on any atom is -0.336 e. The Bertz CT molecular complexity index is 1230. The van der Waals surface area contributed by atoms with Crippen molar-refractivity contribution in [2.75, 3.05) is 4.90 Å². The molecule has 0 saturated carbocycles. The van der Waals surface area contributed by atoms with Gasteiger partial charge in [-0.25, -0.2) is 23.6 Å². The van der Waals surface area contributed by atoms with Crippen molar-refractivity contribution in [1.29, 1.82) is 0 Å². The molecule has 6 nitrogen and oxygen atoms in total. The van der Waals surface area contributed by atoms with Gasteiger partial charge in [0.15, 0.2) is 11.6 Å². The number of amides is 1. The number of benzene rings is 2. The highest BCUT2D eigenvalue weighted by Gasteiger charge is 2.30. The smallest absolute Gasteiger partial charge is 0.248 e. The van der Waals surface area contributed by atoms with Crippen LogP contribution in [0.5, 0.6) is 0 Å². The number of carbonyl (C=O) groups excluding carboxylic acids is 1. The van der Waals surface area contributed by atoms with Crippen molar-refractivity contribution in [1.82, 2.24) is 15.1 Å². The van der Waals surface area contributed by atoms with Crippen LogP contribution in [0.25, 0.3) is 22.5 Å². The fourth-order valence-corrected chi connectivity index (χ4v) is 3.25. The summed E-state index contributed by atoms with van der Waals surface area (Å²) in [7, 11) is 0. The molecule has 0 atom stereocenters. The van der Waals surface area contributed by atoms with Gasteiger partial charge in [0.1, 0.15) is 12.0 Å². The molecule has 0 N–H and O–H groups in total. The van der Waals surface area contributed by atoms with Crippen LogP contribution >= 0.6 is 11.6 Å². The zero-order valence-electron chi connectivity index (χ0n) is 15.5. The van der Waals surface area contributed by atoms with Gasteiger partial charge in [0.2, 0.25) is 11.8 Å². The van der Waals surface area contributed by atoms with Crippen LogP contribution in [0.1, 0.15) is 6.92 Å². The highest BCUT2D eigenvalue weighted by molar-refractivity contribution is 6.34. The monoisotopic (exact) mass is 426 g/mol. The van der Waals surface area contributed by atoms with E-state index in [1.165, 1.54) is 36.5 Å². The lowest BCUT2D eigenvalue weighted by molar-refractivity contribution is -0.116. The second-order valence-electron chi connectivity index (χ2n) is 6.21.